The summed E-state index contributed by atoms with van der Waals surface area (Å²) in [5.74, 6) is 0. The van der Waals surface area contributed by atoms with Crippen molar-refractivity contribution < 1.29 is 0 Å². The Balaban J connectivity index is 1.14. The number of benzene rings is 8. The average molecular weight is 669 g/mol. The third-order valence-electron chi connectivity index (χ3n) is 11.0. The summed E-state index contributed by atoms with van der Waals surface area (Å²) in [5, 5.41) is 4.77. The maximum Gasteiger partial charge on any atom is 0.0740 e. The largest absolute Gasteiger partial charge is 0.310 e. The van der Waals surface area contributed by atoms with E-state index in [0.717, 1.165) is 39.4 Å². The van der Waals surface area contributed by atoms with E-state index in [0.29, 0.717) is 0 Å². The van der Waals surface area contributed by atoms with Crippen LogP contribution in [0.5, 0.6) is 0 Å². The van der Waals surface area contributed by atoms with Gasteiger partial charge in [-0.15, -0.1) is 0 Å². The molecule has 0 aliphatic heterocycles. The van der Waals surface area contributed by atoms with Gasteiger partial charge in [-0.25, -0.2) is 0 Å². The van der Waals surface area contributed by atoms with Gasteiger partial charge in [0.1, 0.15) is 0 Å². The van der Waals surface area contributed by atoms with Gasteiger partial charge in [0.25, 0.3) is 0 Å². The Morgan fingerprint density at radius 1 is 0.500 bits per heavy atom. The highest BCUT2D eigenvalue weighted by atomic mass is 15.1. The van der Waals surface area contributed by atoms with E-state index in [1.54, 1.807) is 0 Å². The fourth-order valence-electron chi connectivity index (χ4n) is 8.21. The molecule has 0 atom stereocenters. The van der Waals surface area contributed by atoms with Gasteiger partial charge in [-0.05, 0) is 106 Å². The lowest BCUT2D eigenvalue weighted by Gasteiger charge is -2.27. The number of nitrogens with zero attached hydrogens (tertiary/aromatic N) is 2. The van der Waals surface area contributed by atoms with E-state index >= 15 is 0 Å². The minimum atomic E-state index is 0.00297. The van der Waals surface area contributed by atoms with Gasteiger partial charge in [0.05, 0.1) is 11.4 Å². The second-order valence-corrected chi connectivity index (χ2v) is 14.5. The van der Waals surface area contributed by atoms with Crippen LogP contribution in [0, 0.1) is 6.92 Å². The van der Waals surface area contributed by atoms with E-state index in [1.165, 1.54) is 55.1 Å². The molecule has 0 saturated heterocycles. The predicted octanol–water partition coefficient (Wildman–Crippen LogP) is 13.9. The summed E-state index contributed by atoms with van der Waals surface area (Å²) >= 11 is 0. The third kappa shape index (κ3) is 5.22. The first-order valence-electron chi connectivity index (χ1n) is 18.1. The third-order valence-corrected chi connectivity index (χ3v) is 11.0. The molecule has 0 radical (unpaired) electrons. The molecule has 0 saturated carbocycles. The van der Waals surface area contributed by atoms with Crippen LogP contribution >= 0.6 is 0 Å². The van der Waals surface area contributed by atoms with Crippen LogP contribution in [0.2, 0.25) is 0 Å². The monoisotopic (exact) mass is 668 g/mol. The molecule has 2 nitrogen and oxygen atoms in total. The second kappa shape index (κ2) is 12.5. The number of aliphatic imine (C=N–C) groups is 1. The van der Waals surface area contributed by atoms with Gasteiger partial charge in [0, 0.05) is 33.3 Å². The maximum atomic E-state index is 5.19. The Kier molecular flexibility index (Phi) is 7.63. The highest BCUT2D eigenvalue weighted by molar-refractivity contribution is 6.16. The fourth-order valence-corrected chi connectivity index (χ4v) is 8.21. The van der Waals surface area contributed by atoms with E-state index in [-0.39, 0.29) is 5.41 Å². The van der Waals surface area contributed by atoms with E-state index in [2.05, 4.69) is 196 Å². The molecule has 250 valence electrons. The SMILES string of the molecule is C/C(=N\c1c(C)ccc2c1ccc1c(N(c3ccccc3)c3ccc(-c4ccc5c(c4)-c4ccccc4C5(C)C)cc3)cccc12)c1ccccc1. The zero-order valence-electron chi connectivity index (χ0n) is 30.1. The van der Waals surface area contributed by atoms with E-state index < -0.39 is 0 Å². The fraction of sp³-hybridized carbons (Fsp3) is 0.100. The average Bonchev–Trinajstić information content (AvgIpc) is 3.42. The smallest absolute Gasteiger partial charge is 0.0740 e. The van der Waals surface area contributed by atoms with Gasteiger partial charge in [0.2, 0.25) is 0 Å². The zero-order valence-corrected chi connectivity index (χ0v) is 30.1. The Labute approximate surface area is 306 Å². The van der Waals surface area contributed by atoms with Crippen molar-refractivity contribution in [1.29, 1.82) is 0 Å². The number of aryl methyl sites for hydroxylation is 1. The standard InChI is InChI=1S/C50H40N2/c1-33-22-28-41-40-19-13-21-48(43(40)29-30-44(41)49(33)51-34(2)35-14-7-5-8-15-35)52(38-16-9-6-10-17-38)39-26-23-36(24-27-39)37-25-31-47-45(32-37)42-18-11-12-20-46(42)50(47,3)4/h5-32H,1-4H3/b51-34+. The van der Waals surface area contributed by atoms with Crippen molar-refractivity contribution >= 4 is 50.0 Å². The van der Waals surface area contributed by atoms with Crippen molar-refractivity contribution in [3.63, 3.8) is 0 Å². The number of para-hydroxylation sites is 1. The molecule has 1 aliphatic carbocycles. The second-order valence-electron chi connectivity index (χ2n) is 14.5. The summed E-state index contributed by atoms with van der Waals surface area (Å²) in [6, 6.07) is 61.7. The molecule has 0 N–H and O–H groups in total. The number of rotatable bonds is 6. The van der Waals surface area contributed by atoms with Gasteiger partial charge >= 0.3 is 0 Å². The minimum absolute atomic E-state index is 0.00297. The number of anilines is 3. The molecule has 52 heavy (non-hydrogen) atoms. The predicted molar refractivity (Wildman–Crippen MR) is 222 cm³/mol. The van der Waals surface area contributed by atoms with Crippen LogP contribution < -0.4 is 4.90 Å². The summed E-state index contributed by atoms with van der Waals surface area (Å²) in [7, 11) is 0. The normalized spacial score (nSPS) is 13.3. The molecule has 9 rings (SSSR count). The van der Waals surface area contributed by atoms with E-state index in [4.69, 9.17) is 4.99 Å². The van der Waals surface area contributed by atoms with Crippen LogP contribution in [-0.2, 0) is 5.41 Å². The van der Waals surface area contributed by atoms with Crippen molar-refractivity contribution in [3.8, 4) is 22.3 Å². The first kappa shape index (κ1) is 31.7. The Morgan fingerprint density at radius 3 is 1.90 bits per heavy atom. The summed E-state index contributed by atoms with van der Waals surface area (Å²) in [6.45, 7) is 8.92. The first-order valence-corrected chi connectivity index (χ1v) is 18.1. The van der Waals surface area contributed by atoms with Gasteiger partial charge in [0.15, 0.2) is 0 Å². The lowest BCUT2D eigenvalue weighted by molar-refractivity contribution is 0.660. The number of fused-ring (bicyclic) bond motifs is 6. The molecule has 8 aromatic carbocycles. The van der Waals surface area contributed by atoms with E-state index in [1.807, 2.05) is 6.07 Å². The molecule has 0 unspecified atom stereocenters. The van der Waals surface area contributed by atoms with Crippen LogP contribution in [0.1, 0.15) is 43.0 Å². The van der Waals surface area contributed by atoms with Crippen LogP contribution in [0.15, 0.2) is 175 Å². The van der Waals surface area contributed by atoms with Crippen molar-refractivity contribution in [1.82, 2.24) is 0 Å². The van der Waals surface area contributed by atoms with Crippen molar-refractivity contribution in [2.75, 3.05) is 4.90 Å². The van der Waals surface area contributed by atoms with Crippen LogP contribution in [-0.4, -0.2) is 5.71 Å². The molecule has 0 fully saturated rings. The highest BCUT2D eigenvalue weighted by Gasteiger charge is 2.35. The Bertz CT molecular complexity index is 2650. The van der Waals surface area contributed by atoms with Gasteiger partial charge < -0.3 is 4.90 Å². The molecule has 0 bridgehead atoms. The number of hydrogen-bond acceptors (Lipinski definition) is 2. The van der Waals surface area contributed by atoms with Crippen LogP contribution in [0.25, 0.3) is 43.8 Å². The molecule has 0 amide bonds. The van der Waals surface area contributed by atoms with Crippen LogP contribution in [0.4, 0.5) is 22.7 Å². The molecule has 2 heteroatoms. The van der Waals surface area contributed by atoms with Crippen molar-refractivity contribution in [2.45, 2.75) is 33.1 Å². The summed E-state index contributed by atoms with van der Waals surface area (Å²) in [6.07, 6.45) is 0. The Hall–Kier alpha value is -6.25. The summed E-state index contributed by atoms with van der Waals surface area (Å²) in [5.41, 5.74) is 15.6. The first-order chi connectivity index (χ1) is 25.4. The molecular weight excluding hydrogens is 629 g/mol. The molecule has 0 heterocycles. The van der Waals surface area contributed by atoms with Gasteiger partial charge in [-0.2, -0.15) is 0 Å². The maximum absolute atomic E-state index is 5.19. The molecule has 8 aromatic rings. The summed E-state index contributed by atoms with van der Waals surface area (Å²) < 4.78 is 0. The molecule has 0 aromatic heterocycles. The quantitative estimate of drug-likeness (QED) is 0.127. The lowest BCUT2D eigenvalue weighted by atomic mass is 9.82. The van der Waals surface area contributed by atoms with Gasteiger partial charge in [-0.3, -0.25) is 4.99 Å². The minimum Gasteiger partial charge on any atom is -0.310 e. The van der Waals surface area contributed by atoms with Crippen LogP contribution in [0.3, 0.4) is 0 Å². The van der Waals surface area contributed by atoms with Crippen molar-refractivity contribution in [3.05, 3.63) is 192 Å². The van der Waals surface area contributed by atoms with Gasteiger partial charge in [-0.1, -0.05) is 147 Å². The van der Waals surface area contributed by atoms with Crippen molar-refractivity contribution in [2.24, 2.45) is 4.99 Å². The highest BCUT2D eigenvalue weighted by Crippen LogP contribution is 2.50. The summed E-state index contributed by atoms with van der Waals surface area (Å²) in [4.78, 5) is 7.57. The lowest BCUT2D eigenvalue weighted by Crippen LogP contribution is -2.14. The topological polar surface area (TPSA) is 15.6 Å². The molecule has 1 aliphatic rings. The van der Waals surface area contributed by atoms with E-state index in [9.17, 15) is 0 Å². The zero-order chi connectivity index (χ0) is 35.4. The molecular formula is C50H40N2. The Morgan fingerprint density at radius 2 is 1.12 bits per heavy atom. The molecule has 0 spiro atoms. The number of hydrogen-bond donors (Lipinski definition) is 0.